The molecule has 1 aliphatic heterocycles. The van der Waals surface area contributed by atoms with E-state index in [1.54, 1.807) is 11.0 Å². The van der Waals surface area contributed by atoms with Crippen molar-refractivity contribution in [3.63, 3.8) is 0 Å². The quantitative estimate of drug-likeness (QED) is 0.298. The van der Waals surface area contributed by atoms with Gasteiger partial charge in [-0.15, -0.1) is 0 Å². The van der Waals surface area contributed by atoms with Crippen molar-refractivity contribution in [2.75, 3.05) is 24.5 Å². The van der Waals surface area contributed by atoms with Gasteiger partial charge in [0.2, 0.25) is 0 Å². The molecule has 1 aromatic heterocycles. The molecule has 4 rings (SSSR count). The average molecular weight is 682 g/mol. The van der Waals surface area contributed by atoms with Crippen molar-refractivity contribution in [1.29, 1.82) is 0 Å². The molecule has 1 aromatic carbocycles. The maximum atomic E-state index is 13.8. The van der Waals surface area contributed by atoms with E-state index in [1.807, 2.05) is 74.4 Å². The van der Waals surface area contributed by atoms with Gasteiger partial charge in [-0.2, -0.15) is 0 Å². The van der Waals surface area contributed by atoms with Crippen LogP contribution in [0.25, 0.3) is 0 Å². The number of carbonyl (C=O) groups is 3. The number of nitrogens with zero attached hydrogens (tertiary/aromatic N) is 2. The smallest absolute Gasteiger partial charge is 0.410 e. The molecule has 2 heterocycles. The second kappa shape index (κ2) is 15.1. The number of hydrogen-bond acceptors (Lipinski definition) is 8. The van der Waals surface area contributed by atoms with E-state index in [2.05, 4.69) is 27.4 Å². The third-order valence-electron chi connectivity index (χ3n) is 8.83. The number of anilines is 1. The van der Waals surface area contributed by atoms with E-state index in [1.165, 1.54) is 0 Å². The zero-order valence-electron chi connectivity index (χ0n) is 30.9. The van der Waals surface area contributed by atoms with Crippen molar-refractivity contribution in [3.8, 4) is 5.75 Å². The van der Waals surface area contributed by atoms with Gasteiger partial charge < -0.3 is 39.6 Å². The highest BCUT2D eigenvalue weighted by Gasteiger charge is 2.36. The van der Waals surface area contributed by atoms with Gasteiger partial charge in [0.1, 0.15) is 23.1 Å². The molecule has 2 fully saturated rings. The number of rotatable bonds is 9. The van der Waals surface area contributed by atoms with Crippen LogP contribution in [0.3, 0.4) is 0 Å². The van der Waals surface area contributed by atoms with Gasteiger partial charge in [0, 0.05) is 53.7 Å². The van der Waals surface area contributed by atoms with E-state index < -0.39 is 17.3 Å². The number of nitrogens with one attached hydrogen (secondary N) is 3. The molecular weight excluding hydrogens is 626 g/mol. The van der Waals surface area contributed by atoms with Gasteiger partial charge in [-0.3, -0.25) is 9.59 Å². The largest absolute Gasteiger partial charge is 0.487 e. The number of alkyl carbamates (subject to hydrolysis) is 1. The molecule has 2 aliphatic rings. The lowest BCUT2D eigenvalue weighted by molar-refractivity contribution is -0.0221. The zero-order chi connectivity index (χ0) is 36.3. The highest BCUT2D eigenvalue weighted by Crippen LogP contribution is 2.35. The normalized spacial score (nSPS) is 18.3. The second-order valence-corrected chi connectivity index (χ2v) is 15.3. The first-order valence-electron chi connectivity index (χ1n) is 17.4. The van der Waals surface area contributed by atoms with E-state index in [0.717, 1.165) is 48.2 Å². The first-order valence-corrected chi connectivity index (χ1v) is 17.4. The van der Waals surface area contributed by atoms with Crippen molar-refractivity contribution in [2.45, 2.75) is 131 Å². The Morgan fingerprint density at radius 1 is 0.939 bits per heavy atom. The van der Waals surface area contributed by atoms with Crippen LogP contribution in [0.4, 0.5) is 15.3 Å². The molecule has 0 unspecified atom stereocenters. The standard InChI is InChI=1S/C37H55N5O7/c1-11-42(26-14-12-25(13-15-26)40-34(45)48-36(5,6)7)31-18-27(47-28-20-41(21-28)35(46)49-37(8,9)10)17-29(24(31)4)32(43)38-19-30-22(2)16-23(3)39-33(30)44/h16-18,25-26,28H,11-15,19-21H2,1-10H3,(H,38,43)(H,39,44)(H,40,45). The predicted molar refractivity (Wildman–Crippen MR) is 190 cm³/mol. The summed E-state index contributed by atoms with van der Waals surface area (Å²) in [6.45, 7) is 20.3. The summed E-state index contributed by atoms with van der Waals surface area (Å²) in [5.74, 6) is 0.219. The first kappa shape index (κ1) is 37.6. The van der Waals surface area contributed by atoms with Crippen LogP contribution < -0.4 is 25.8 Å². The van der Waals surface area contributed by atoms with Crippen LogP contribution in [0.5, 0.6) is 5.75 Å². The van der Waals surface area contributed by atoms with Crippen molar-refractivity contribution in [3.05, 3.63) is 56.5 Å². The van der Waals surface area contributed by atoms with Crippen molar-refractivity contribution < 1.29 is 28.6 Å². The van der Waals surface area contributed by atoms with Gasteiger partial charge in [0.05, 0.1) is 13.1 Å². The van der Waals surface area contributed by atoms with Crippen LogP contribution in [0.1, 0.15) is 107 Å². The maximum Gasteiger partial charge on any atom is 0.410 e. The Labute approximate surface area is 290 Å². The van der Waals surface area contributed by atoms with E-state index in [0.29, 0.717) is 36.5 Å². The van der Waals surface area contributed by atoms with Gasteiger partial charge in [-0.05, 0) is 118 Å². The van der Waals surface area contributed by atoms with Gasteiger partial charge in [-0.1, -0.05) is 0 Å². The lowest BCUT2D eigenvalue weighted by atomic mass is 9.89. The van der Waals surface area contributed by atoms with Crippen LogP contribution in [0, 0.1) is 20.8 Å². The third kappa shape index (κ3) is 10.1. The van der Waals surface area contributed by atoms with E-state index in [4.69, 9.17) is 14.2 Å². The summed E-state index contributed by atoms with van der Waals surface area (Å²) in [5.41, 5.74) is 2.86. The summed E-state index contributed by atoms with van der Waals surface area (Å²) in [5, 5.41) is 5.98. The fraction of sp³-hybridized carbons (Fsp3) is 0.622. The minimum Gasteiger partial charge on any atom is -0.487 e. The number of aromatic amines is 1. The number of ether oxygens (including phenoxy) is 3. The number of aromatic nitrogens is 1. The Morgan fingerprint density at radius 2 is 1.57 bits per heavy atom. The van der Waals surface area contributed by atoms with Crippen molar-refractivity contribution in [1.82, 2.24) is 20.5 Å². The molecule has 270 valence electrons. The van der Waals surface area contributed by atoms with Crippen LogP contribution in [0.2, 0.25) is 0 Å². The summed E-state index contributed by atoms with van der Waals surface area (Å²) in [6, 6.07) is 5.82. The molecular formula is C37H55N5O7. The first-order chi connectivity index (χ1) is 22.8. The van der Waals surface area contributed by atoms with Crippen LogP contribution >= 0.6 is 0 Å². The number of pyridine rings is 1. The topological polar surface area (TPSA) is 142 Å². The number of carbonyl (C=O) groups excluding carboxylic acids is 3. The van der Waals surface area contributed by atoms with Gasteiger partial charge in [-0.25, -0.2) is 9.59 Å². The summed E-state index contributed by atoms with van der Waals surface area (Å²) in [4.78, 5) is 58.1. The Balaban J connectivity index is 1.54. The third-order valence-corrected chi connectivity index (χ3v) is 8.83. The number of amides is 3. The van der Waals surface area contributed by atoms with E-state index in [9.17, 15) is 19.2 Å². The lowest BCUT2D eigenvalue weighted by Crippen LogP contribution is -2.57. The molecule has 0 spiro atoms. The molecule has 12 heteroatoms. The molecule has 1 aliphatic carbocycles. The number of aryl methyl sites for hydroxylation is 2. The van der Waals surface area contributed by atoms with Crippen LogP contribution in [0.15, 0.2) is 23.0 Å². The molecule has 0 bridgehead atoms. The lowest BCUT2D eigenvalue weighted by Gasteiger charge is -2.40. The summed E-state index contributed by atoms with van der Waals surface area (Å²) >= 11 is 0. The molecule has 1 saturated carbocycles. The molecule has 2 aromatic rings. The van der Waals surface area contributed by atoms with E-state index in [-0.39, 0.29) is 42.3 Å². The van der Waals surface area contributed by atoms with E-state index >= 15 is 0 Å². The highest BCUT2D eigenvalue weighted by molar-refractivity contribution is 5.97. The Morgan fingerprint density at radius 3 is 2.14 bits per heavy atom. The highest BCUT2D eigenvalue weighted by atomic mass is 16.6. The van der Waals surface area contributed by atoms with Gasteiger partial charge >= 0.3 is 12.2 Å². The second-order valence-electron chi connectivity index (χ2n) is 15.3. The minimum atomic E-state index is -0.590. The molecule has 0 atom stereocenters. The Kier molecular flexibility index (Phi) is 11.6. The van der Waals surface area contributed by atoms with Gasteiger partial charge in [0.15, 0.2) is 0 Å². The number of hydrogen-bond donors (Lipinski definition) is 3. The molecule has 1 saturated heterocycles. The minimum absolute atomic E-state index is 0.0295. The van der Waals surface area contributed by atoms with Crippen molar-refractivity contribution >= 4 is 23.8 Å². The van der Waals surface area contributed by atoms with Crippen LogP contribution in [-0.2, 0) is 16.0 Å². The summed E-state index contributed by atoms with van der Waals surface area (Å²) < 4.78 is 17.3. The SMILES string of the molecule is CCN(c1cc(OC2CN(C(=O)OC(C)(C)C)C2)cc(C(=O)NCc2c(C)cc(C)[nH]c2=O)c1C)C1CCC(NC(=O)OC(C)(C)C)CC1. The Bertz CT molecular complexity index is 1580. The average Bonchev–Trinajstić information content (AvgIpc) is 2.94. The molecule has 49 heavy (non-hydrogen) atoms. The Hall–Kier alpha value is -4.22. The zero-order valence-corrected chi connectivity index (χ0v) is 30.9. The molecule has 0 radical (unpaired) electrons. The van der Waals surface area contributed by atoms with Crippen molar-refractivity contribution in [2.24, 2.45) is 0 Å². The fourth-order valence-corrected chi connectivity index (χ4v) is 6.45. The predicted octanol–water partition coefficient (Wildman–Crippen LogP) is 5.89. The molecule has 12 nitrogen and oxygen atoms in total. The monoisotopic (exact) mass is 681 g/mol. The summed E-state index contributed by atoms with van der Waals surface area (Å²) in [7, 11) is 0. The number of likely N-dealkylation sites (tertiary alicyclic amines) is 1. The maximum absolute atomic E-state index is 13.8. The van der Waals surface area contributed by atoms with Crippen LogP contribution in [-0.4, -0.2) is 77.0 Å². The number of benzene rings is 1. The molecule has 3 N–H and O–H groups in total. The summed E-state index contributed by atoms with van der Waals surface area (Å²) in [6.07, 6.45) is 2.27. The van der Waals surface area contributed by atoms with Gasteiger partial charge in [0.25, 0.3) is 11.5 Å². The molecule has 3 amide bonds. The fourth-order valence-electron chi connectivity index (χ4n) is 6.45. The number of H-pyrrole nitrogens is 1.